The third-order valence-electron chi connectivity index (χ3n) is 5.26. The van der Waals surface area contributed by atoms with Crippen LogP contribution in [0.25, 0.3) is 5.57 Å². The van der Waals surface area contributed by atoms with E-state index >= 15 is 0 Å². The Morgan fingerprint density at radius 2 is 1.56 bits per heavy atom. The zero-order valence-corrected chi connectivity index (χ0v) is 21.5. The molecule has 0 radical (unpaired) electrons. The van der Waals surface area contributed by atoms with Crippen LogP contribution in [-0.2, 0) is 23.9 Å². The van der Waals surface area contributed by atoms with Crippen LogP contribution in [0.5, 0.6) is 0 Å². The average molecular weight is 492 g/mol. The monoisotopic (exact) mass is 491 g/mol. The van der Waals surface area contributed by atoms with E-state index in [0.717, 1.165) is 45.9 Å². The number of thioether (sulfide) groups is 2. The maximum absolute atomic E-state index is 13.2. The van der Waals surface area contributed by atoms with E-state index in [9.17, 15) is 14.4 Å². The number of fused-ring (bicyclic) bond motifs is 1. The second-order valence-electron chi connectivity index (χ2n) is 8.25. The first kappa shape index (κ1) is 24.5. The number of esters is 2. The number of nitrogens with zero attached hydrogens (tertiary/aromatic N) is 1. The Labute approximate surface area is 201 Å². The lowest BCUT2D eigenvalue weighted by molar-refractivity contribution is -0.138. The Morgan fingerprint density at radius 1 is 1.03 bits per heavy atom. The molecule has 0 bridgehead atoms. The number of thiocarbonyl (C=S) groups is 1. The van der Waals surface area contributed by atoms with Gasteiger partial charge in [0.2, 0.25) is 5.91 Å². The number of aryl methyl sites for hydroxylation is 1. The summed E-state index contributed by atoms with van der Waals surface area (Å²) in [5, 5.41) is 0. The summed E-state index contributed by atoms with van der Waals surface area (Å²) in [5.74, 6) is -1.46. The molecule has 3 rings (SSSR count). The fraction of sp³-hybridized carbons (Fsp3) is 0.391. The molecular weight excluding hydrogens is 466 g/mol. The molecule has 0 spiro atoms. The van der Waals surface area contributed by atoms with Gasteiger partial charge in [0.1, 0.15) is 9.81 Å². The molecule has 0 saturated heterocycles. The van der Waals surface area contributed by atoms with E-state index in [0.29, 0.717) is 9.10 Å². The molecule has 2 heterocycles. The van der Waals surface area contributed by atoms with E-state index in [1.165, 1.54) is 14.2 Å². The normalized spacial score (nSPS) is 17.6. The minimum absolute atomic E-state index is 0.0261. The molecule has 6 nitrogen and oxygen atoms in total. The second kappa shape index (κ2) is 9.03. The number of amides is 1. The first-order chi connectivity index (χ1) is 14.9. The third-order valence-corrected chi connectivity index (χ3v) is 8.52. The van der Waals surface area contributed by atoms with Crippen molar-refractivity contribution in [2.45, 2.75) is 40.2 Å². The van der Waals surface area contributed by atoms with Crippen LogP contribution in [-0.4, -0.2) is 42.5 Å². The van der Waals surface area contributed by atoms with Crippen molar-refractivity contribution >= 4 is 69.7 Å². The van der Waals surface area contributed by atoms with Gasteiger partial charge < -0.3 is 14.4 Å². The molecule has 1 aromatic rings. The number of ether oxygens (including phenoxy) is 2. The van der Waals surface area contributed by atoms with Gasteiger partial charge in [0.15, 0.2) is 0 Å². The quantitative estimate of drug-likeness (QED) is 0.337. The van der Waals surface area contributed by atoms with E-state index in [4.69, 9.17) is 21.7 Å². The van der Waals surface area contributed by atoms with Crippen LogP contribution < -0.4 is 4.90 Å². The van der Waals surface area contributed by atoms with Crippen LogP contribution in [0, 0.1) is 12.8 Å². The highest BCUT2D eigenvalue weighted by molar-refractivity contribution is 8.29. The van der Waals surface area contributed by atoms with Crippen molar-refractivity contribution in [1.82, 2.24) is 0 Å². The van der Waals surface area contributed by atoms with Gasteiger partial charge in [-0.15, -0.1) is 0 Å². The molecule has 0 unspecified atom stereocenters. The summed E-state index contributed by atoms with van der Waals surface area (Å²) in [4.78, 5) is 40.6. The molecule has 32 heavy (non-hydrogen) atoms. The van der Waals surface area contributed by atoms with Crippen molar-refractivity contribution in [2.75, 3.05) is 19.1 Å². The molecule has 1 aromatic carbocycles. The Kier molecular flexibility index (Phi) is 6.93. The molecule has 9 heteroatoms. The van der Waals surface area contributed by atoms with E-state index < -0.39 is 17.5 Å². The van der Waals surface area contributed by atoms with Crippen molar-refractivity contribution < 1.29 is 23.9 Å². The van der Waals surface area contributed by atoms with Gasteiger partial charge in [0.05, 0.1) is 34.5 Å². The fourth-order valence-electron chi connectivity index (χ4n) is 3.59. The molecule has 2 aliphatic rings. The molecule has 0 N–H and O–H groups in total. The highest BCUT2D eigenvalue weighted by Crippen LogP contribution is 2.56. The lowest BCUT2D eigenvalue weighted by atomic mass is 9.82. The van der Waals surface area contributed by atoms with Crippen molar-refractivity contribution in [3.05, 3.63) is 43.4 Å². The zero-order valence-electron chi connectivity index (χ0n) is 19.0. The van der Waals surface area contributed by atoms with Crippen molar-refractivity contribution in [2.24, 2.45) is 5.92 Å². The number of anilines is 1. The minimum Gasteiger partial charge on any atom is -0.465 e. The Morgan fingerprint density at radius 3 is 2.03 bits per heavy atom. The van der Waals surface area contributed by atoms with Crippen LogP contribution >= 0.6 is 35.7 Å². The molecular formula is C23H25NO5S3. The average Bonchev–Trinajstić information content (AvgIpc) is 3.18. The molecule has 0 aliphatic carbocycles. The number of rotatable bonds is 3. The Balaban J connectivity index is 2.27. The molecule has 0 atom stereocenters. The van der Waals surface area contributed by atoms with Gasteiger partial charge in [-0.2, -0.15) is 0 Å². The van der Waals surface area contributed by atoms with Gasteiger partial charge in [-0.3, -0.25) is 4.79 Å². The van der Waals surface area contributed by atoms with E-state index in [1.54, 1.807) is 4.90 Å². The number of benzene rings is 1. The van der Waals surface area contributed by atoms with Crippen molar-refractivity contribution in [3.63, 3.8) is 0 Å². The Hall–Kier alpha value is -2.10. The summed E-state index contributed by atoms with van der Waals surface area (Å²) >= 11 is 8.23. The smallest absolute Gasteiger partial charge is 0.346 e. The van der Waals surface area contributed by atoms with Gasteiger partial charge >= 0.3 is 11.9 Å². The first-order valence-corrected chi connectivity index (χ1v) is 12.0. The van der Waals surface area contributed by atoms with Crippen molar-refractivity contribution in [3.8, 4) is 0 Å². The van der Waals surface area contributed by atoms with E-state index in [2.05, 4.69) is 0 Å². The molecule has 0 aromatic heterocycles. The molecule has 0 saturated carbocycles. The number of hydrogen-bond donors (Lipinski definition) is 0. The molecule has 0 fully saturated rings. The van der Waals surface area contributed by atoms with Crippen LogP contribution in [0.3, 0.4) is 0 Å². The summed E-state index contributed by atoms with van der Waals surface area (Å²) in [6.07, 6.45) is 0. The van der Waals surface area contributed by atoms with Gasteiger partial charge in [0, 0.05) is 17.1 Å². The van der Waals surface area contributed by atoms with E-state index in [-0.39, 0.29) is 21.6 Å². The molecule has 170 valence electrons. The highest BCUT2D eigenvalue weighted by atomic mass is 32.2. The van der Waals surface area contributed by atoms with Gasteiger partial charge in [-0.05, 0) is 32.9 Å². The topological polar surface area (TPSA) is 72.9 Å². The maximum Gasteiger partial charge on any atom is 0.346 e. The van der Waals surface area contributed by atoms with Crippen molar-refractivity contribution in [1.29, 1.82) is 0 Å². The third kappa shape index (κ3) is 4.02. The van der Waals surface area contributed by atoms with Crippen LogP contribution in [0.2, 0.25) is 0 Å². The summed E-state index contributed by atoms with van der Waals surface area (Å²) in [6.45, 7) is 9.52. The standard InChI is InChI=1S/C23H25NO5S3/c1-11(2)19(25)24-14-9-8-12(3)10-13(14)15(18(30)23(24,4)5)22-31-16(20(26)28-6)17(32-22)21(27)29-7/h8-11H,1-7H3. The SMILES string of the molecule is COC(=O)C1=C(C(=O)OC)SC(=C2C(=S)C(C)(C)N(C(=O)C(C)C)c3ccc(C)cc32)S1. The maximum atomic E-state index is 13.2. The second-order valence-corrected chi connectivity index (χ2v) is 11.0. The van der Waals surface area contributed by atoms with Crippen LogP contribution in [0.15, 0.2) is 32.2 Å². The number of carbonyl (C=O) groups excluding carboxylic acids is 3. The Bertz CT molecular complexity index is 1070. The number of hydrogen-bond acceptors (Lipinski definition) is 8. The zero-order chi connectivity index (χ0) is 24.0. The van der Waals surface area contributed by atoms with Gasteiger partial charge in [0.25, 0.3) is 0 Å². The lowest BCUT2D eigenvalue weighted by Crippen LogP contribution is -2.57. The van der Waals surface area contributed by atoms with Crippen LogP contribution in [0.4, 0.5) is 5.69 Å². The largest absolute Gasteiger partial charge is 0.465 e. The molecule has 1 amide bonds. The highest BCUT2D eigenvalue weighted by Gasteiger charge is 2.46. The summed E-state index contributed by atoms with van der Waals surface area (Å²) < 4.78 is 10.4. The predicted octanol–water partition coefficient (Wildman–Crippen LogP) is 4.85. The molecule has 2 aliphatic heterocycles. The lowest BCUT2D eigenvalue weighted by Gasteiger charge is -2.46. The number of methoxy groups -OCH3 is 2. The minimum atomic E-state index is -0.790. The predicted molar refractivity (Wildman–Crippen MR) is 133 cm³/mol. The first-order valence-electron chi connectivity index (χ1n) is 9.96. The number of carbonyl (C=O) groups is 3. The summed E-state index contributed by atoms with van der Waals surface area (Å²) in [5.41, 5.74) is 2.51. The summed E-state index contributed by atoms with van der Waals surface area (Å²) in [6, 6.07) is 5.86. The van der Waals surface area contributed by atoms with Gasteiger partial charge in [-0.1, -0.05) is 61.2 Å². The van der Waals surface area contributed by atoms with E-state index in [1.807, 2.05) is 52.8 Å². The fourth-order valence-corrected chi connectivity index (χ4v) is 6.62. The van der Waals surface area contributed by atoms with Crippen LogP contribution in [0.1, 0.15) is 38.8 Å². The summed E-state index contributed by atoms with van der Waals surface area (Å²) in [7, 11) is 2.53. The van der Waals surface area contributed by atoms with Gasteiger partial charge in [-0.25, -0.2) is 9.59 Å².